The van der Waals surface area contributed by atoms with Crippen LogP contribution in [0.2, 0.25) is 0 Å². The van der Waals surface area contributed by atoms with Gasteiger partial charge in [-0.3, -0.25) is 0 Å². The Labute approximate surface area is 122 Å². The molecule has 2 rings (SSSR count). The van der Waals surface area contributed by atoms with E-state index in [0.717, 1.165) is 37.8 Å². The molecule has 1 aliphatic carbocycles. The van der Waals surface area contributed by atoms with E-state index in [2.05, 4.69) is 6.92 Å². The van der Waals surface area contributed by atoms with Crippen molar-refractivity contribution in [3.8, 4) is 0 Å². The molecular formula is C16H21F4N. The lowest BCUT2D eigenvalue weighted by molar-refractivity contribution is -0.140. The van der Waals surface area contributed by atoms with E-state index >= 15 is 0 Å². The Balaban J connectivity index is 2.22. The summed E-state index contributed by atoms with van der Waals surface area (Å²) >= 11 is 0. The molecule has 0 unspecified atom stereocenters. The molecule has 1 aromatic carbocycles. The van der Waals surface area contributed by atoms with Crippen LogP contribution in [0, 0.1) is 11.7 Å². The third-order valence-electron chi connectivity index (χ3n) is 4.54. The van der Waals surface area contributed by atoms with Gasteiger partial charge in [0.25, 0.3) is 0 Å². The largest absolute Gasteiger partial charge is 0.419 e. The minimum atomic E-state index is -4.68. The van der Waals surface area contributed by atoms with Crippen molar-refractivity contribution in [3.05, 3.63) is 35.1 Å². The molecule has 1 aliphatic rings. The molecule has 1 fully saturated rings. The first kappa shape index (κ1) is 16.3. The summed E-state index contributed by atoms with van der Waals surface area (Å²) in [7, 11) is 0. The Morgan fingerprint density at radius 3 is 2.38 bits per heavy atom. The van der Waals surface area contributed by atoms with Gasteiger partial charge < -0.3 is 5.73 Å². The maximum atomic E-state index is 13.4. The first-order chi connectivity index (χ1) is 9.76. The van der Waals surface area contributed by atoms with E-state index in [0.29, 0.717) is 24.3 Å². The van der Waals surface area contributed by atoms with E-state index in [1.165, 1.54) is 6.07 Å². The van der Waals surface area contributed by atoms with Crippen LogP contribution in [0.5, 0.6) is 0 Å². The molecule has 0 bridgehead atoms. The van der Waals surface area contributed by atoms with Gasteiger partial charge in [-0.25, -0.2) is 4.39 Å². The van der Waals surface area contributed by atoms with Gasteiger partial charge in [-0.05, 0) is 49.3 Å². The zero-order valence-corrected chi connectivity index (χ0v) is 12.1. The number of hydrogen-bond donors (Lipinski definition) is 1. The fraction of sp³-hybridized carbons (Fsp3) is 0.625. The molecule has 2 N–H and O–H groups in total. The maximum Gasteiger partial charge on any atom is 0.419 e. The van der Waals surface area contributed by atoms with E-state index < -0.39 is 23.1 Å². The van der Waals surface area contributed by atoms with Crippen LogP contribution in [-0.4, -0.2) is 0 Å². The summed E-state index contributed by atoms with van der Waals surface area (Å²) in [5.41, 5.74) is 4.72. The number of hydrogen-bond acceptors (Lipinski definition) is 1. The monoisotopic (exact) mass is 303 g/mol. The second kappa shape index (κ2) is 5.95. The van der Waals surface area contributed by atoms with Crippen LogP contribution in [0.4, 0.5) is 17.6 Å². The van der Waals surface area contributed by atoms with Crippen LogP contribution >= 0.6 is 0 Å². The Kier molecular flexibility index (Phi) is 4.61. The van der Waals surface area contributed by atoms with Crippen molar-refractivity contribution in [2.24, 2.45) is 11.7 Å². The molecule has 5 heteroatoms. The summed E-state index contributed by atoms with van der Waals surface area (Å²) in [4.78, 5) is 0. The van der Waals surface area contributed by atoms with Crippen molar-refractivity contribution in [2.45, 2.75) is 57.2 Å². The fourth-order valence-corrected chi connectivity index (χ4v) is 3.23. The average Bonchev–Trinajstić information content (AvgIpc) is 2.41. The maximum absolute atomic E-state index is 13.4. The Morgan fingerprint density at radius 2 is 1.86 bits per heavy atom. The molecular weight excluding hydrogens is 282 g/mol. The number of rotatable bonds is 3. The van der Waals surface area contributed by atoms with Crippen molar-refractivity contribution in [1.29, 1.82) is 0 Å². The van der Waals surface area contributed by atoms with Crippen LogP contribution in [0.15, 0.2) is 18.2 Å². The summed E-state index contributed by atoms with van der Waals surface area (Å²) < 4.78 is 51.8. The molecule has 0 aromatic heterocycles. The quantitative estimate of drug-likeness (QED) is 0.782. The minimum absolute atomic E-state index is 0.395. The third-order valence-corrected chi connectivity index (χ3v) is 4.54. The second-order valence-corrected chi connectivity index (χ2v) is 6.08. The van der Waals surface area contributed by atoms with Crippen molar-refractivity contribution in [2.75, 3.05) is 0 Å². The average molecular weight is 303 g/mol. The van der Waals surface area contributed by atoms with E-state index in [1.54, 1.807) is 0 Å². The molecule has 118 valence electrons. The molecule has 0 radical (unpaired) electrons. The zero-order chi connectivity index (χ0) is 15.7. The van der Waals surface area contributed by atoms with Crippen LogP contribution in [0.3, 0.4) is 0 Å². The highest BCUT2D eigenvalue weighted by atomic mass is 19.4. The van der Waals surface area contributed by atoms with Crippen LogP contribution in [0.25, 0.3) is 0 Å². The molecule has 0 heterocycles. The highest BCUT2D eigenvalue weighted by Gasteiger charge is 2.38. The summed E-state index contributed by atoms with van der Waals surface area (Å²) in [6, 6.07) is 3.16. The molecule has 0 amide bonds. The lowest BCUT2D eigenvalue weighted by Gasteiger charge is -2.38. The van der Waals surface area contributed by atoms with Gasteiger partial charge >= 0.3 is 6.18 Å². The van der Waals surface area contributed by atoms with Crippen molar-refractivity contribution >= 4 is 0 Å². The first-order valence-electron chi connectivity index (χ1n) is 7.42. The van der Waals surface area contributed by atoms with Gasteiger partial charge in [0.05, 0.1) is 5.56 Å². The van der Waals surface area contributed by atoms with E-state index in [4.69, 9.17) is 5.73 Å². The van der Waals surface area contributed by atoms with Gasteiger partial charge in [-0.2, -0.15) is 13.2 Å². The molecule has 0 saturated heterocycles. The minimum Gasteiger partial charge on any atom is -0.321 e. The SMILES string of the molecule is CCCC1CCC(N)(c2ccc(F)c(C(F)(F)F)c2)CC1. The lowest BCUT2D eigenvalue weighted by atomic mass is 9.72. The Hall–Kier alpha value is -1.10. The standard InChI is InChI=1S/C16H21F4N/c1-2-3-11-6-8-15(21,9-7-11)12-4-5-14(17)13(10-12)16(18,19)20/h4-5,10-11H,2-3,6-9,21H2,1H3. The topological polar surface area (TPSA) is 26.0 Å². The predicted octanol–water partition coefficient (Wildman–Crippen LogP) is 4.99. The normalized spacial score (nSPS) is 26.9. The number of alkyl halides is 3. The summed E-state index contributed by atoms with van der Waals surface area (Å²) in [6.45, 7) is 2.12. The lowest BCUT2D eigenvalue weighted by Crippen LogP contribution is -2.40. The second-order valence-electron chi connectivity index (χ2n) is 6.08. The zero-order valence-electron chi connectivity index (χ0n) is 12.1. The molecule has 0 aliphatic heterocycles. The number of nitrogens with two attached hydrogens (primary N) is 1. The fourth-order valence-electron chi connectivity index (χ4n) is 3.23. The Morgan fingerprint density at radius 1 is 1.24 bits per heavy atom. The molecule has 1 aromatic rings. The molecule has 21 heavy (non-hydrogen) atoms. The van der Waals surface area contributed by atoms with E-state index in [9.17, 15) is 17.6 Å². The molecule has 1 nitrogen and oxygen atoms in total. The third kappa shape index (κ3) is 3.57. The van der Waals surface area contributed by atoms with Gasteiger partial charge in [0, 0.05) is 5.54 Å². The predicted molar refractivity (Wildman–Crippen MR) is 74.1 cm³/mol. The first-order valence-corrected chi connectivity index (χ1v) is 7.42. The van der Waals surface area contributed by atoms with Gasteiger partial charge in [0.2, 0.25) is 0 Å². The number of halogens is 4. The molecule has 0 atom stereocenters. The summed E-state index contributed by atoms with van der Waals surface area (Å²) in [5, 5.41) is 0. The van der Waals surface area contributed by atoms with Gasteiger partial charge in [-0.1, -0.05) is 25.8 Å². The van der Waals surface area contributed by atoms with Crippen LogP contribution < -0.4 is 5.73 Å². The number of benzene rings is 1. The molecule has 0 spiro atoms. The Bertz CT molecular complexity index is 488. The molecule has 1 saturated carbocycles. The van der Waals surface area contributed by atoms with E-state index in [-0.39, 0.29) is 0 Å². The van der Waals surface area contributed by atoms with Crippen molar-refractivity contribution < 1.29 is 17.6 Å². The van der Waals surface area contributed by atoms with Crippen molar-refractivity contribution in [1.82, 2.24) is 0 Å². The van der Waals surface area contributed by atoms with E-state index in [1.807, 2.05) is 0 Å². The van der Waals surface area contributed by atoms with Gasteiger partial charge in [0.15, 0.2) is 0 Å². The highest BCUT2D eigenvalue weighted by molar-refractivity contribution is 5.32. The smallest absolute Gasteiger partial charge is 0.321 e. The van der Waals surface area contributed by atoms with Gasteiger partial charge in [-0.15, -0.1) is 0 Å². The van der Waals surface area contributed by atoms with Crippen molar-refractivity contribution in [3.63, 3.8) is 0 Å². The van der Waals surface area contributed by atoms with Crippen LogP contribution in [0.1, 0.15) is 56.6 Å². The van der Waals surface area contributed by atoms with Gasteiger partial charge in [0.1, 0.15) is 5.82 Å². The summed E-state index contributed by atoms with van der Waals surface area (Å²) in [5.74, 6) is -0.635. The van der Waals surface area contributed by atoms with Crippen LogP contribution in [-0.2, 0) is 11.7 Å². The summed E-state index contributed by atoms with van der Waals surface area (Å²) in [6.07, 6.45) is 0.702. The highest BCUT2D eigenvalue weighted by Crippen LogP contribution is 2.41.